The molecule has 1 aliphatic heterocycles. The highest BCUT2D eigenvalue weighted by Crippen LogP contribution is 2.36. The number of thioether (sulfide) groups is 1. The summed E-state index contributed by atoms with van der Waals surface area (Å²) in [6.45, 7) is 0. The molecule has 3 unspecified atom stereocenters. The minimum atomic E-state index is -3.74. The van der Waals surface area contributed by atoms with Crippen molar-refractivity contribution < 1.29 is 22.7 Å². The van der Waals surface area contributed by atoms with E-state index in [4.69, 9.17) is 15.2 Å². The molecule has 2 rings (SSSR count). The molecule has 1 aliphatic rings. The topological polar surface area (TPSA) is 95.7 Å². The van der Waals surface area contributed by atoms with Crippen molar-refractivity contribution in [1.82, 2.24) is 0 Å². The van der Waals surface area contributed by atoms with Crippen LogP contribution in [0.1, 0.15) is 6.42 Å². The standard InChI is InChI=1S/C14H19NO5S2/c1-19-9-3-5-10(6-4-9)22(17,18)12-11(14(16)20-2)7-8-21-13(12)15/h3-6,11-13H,7-8,15H2,1-2H3. The number of esters is 1. The van der Waals surface area contributed by atoms with Crippen LogP contribution in [-0.2, 0) is 19.4 Å². The maximum atomic E-state index is 12.9. The summed E-state index contributed by atoms with van der Waals surface area (Å²) in [7, 11) is -0.982. The molecule has 1 saturated heterocycles. The first-order valence-corrected chi connectivity index (χ1v) is 9.34. The minimum Gasteiger partial charge on any atom is -0.497 e. The third kappa shape index (κ3) is 3.23. The first-order valence-electron chi connectivity index (χ1n) is 6.74. The summed E-state index contributed by atoms with van der Waals surface area (Å²) in [6, 6.07) is 6.08. The Kier molecular flexibility index (Phi) is 5.36. The summed E-state index contributed by atoms with van der Waals surface area (Å²) in [5, 5.41) is -1.66. The number of methoxy groups -OCH3 is 2. The second kappa shape index (κ2) is 6.89. The molecule has 0 amide bonds. The third-order valence-electron chi connectivity index (χ3n) is 3.71. The van der Waals surface area contributed by atoms with E-state index in [-0.39, 0.29) is 4.90 Å². The van der Waals surface area contributed by atoms with E-state index in [1.54, 1.807) is 12.1 Å². The zero-order valence-corrected chi connectivity index (χ0v) is 14.0. The number of carbonyl (C=O) groups excluding carboxylic acids is 1. The summed E-state index contributed by atoms with van der Waals surface area (Å²) in [5.74, 6) is -0.0766. The number of carbonyl (C=O) groups is 1. The van der Waals surface area contributed by atoms with Gasteiger partial charge in [0.05, 0.1) is 30.4 Å². The maximum absolute atomic E-state index is 12.9. The van der Waals surface area contributed by atoms with Gasteiger partial charge >= 0.3 is 5.97 Å². The zero-order valence-electron chi connectivity index (χ0n) is 12.4. The van der Waals surface area contributed by atoms with Gasteiger partial charge in [-0.05, 0) is 36.4 Å². The molecule has 1 heterocycles. The Morgan fingerprint density at radius 1 is 1.27 bits per heavy atom. The lowest BCUT2D eigenvalue weighted by molar-refractivity contribution is -0.145. The van der Waals surface area contributed by atoms with E-state index in [2.05, 4.69) is 0 Å². The molecule has 2 N–H and O–H groups in total. The molecule has 0 bridgehead atoms. The molecular formula is C14H19NO5S2. The largest absolute Gasteiger partial charge is 0.497 e. The SMILES string of the molecule is COC(=O)C1CCSC(N)C1S(=O)(=O)c1ccc(OC)cc1. The average Bonchev–Trinajstić information content (AvgIpc) is 2.53. The van der Waals surface area contributed by atoms with Crippen LogP contribution in [0.5, 0.6) is 5.75 Å². The van der Waals surface area contributed by atoms with Crippen molar-refractivity contribution in [2.24, 2.45) is 11.7 Å². The van der Waals surface area contributed by atoms with Gasteiger partial charge in [-0.2, -0.15) is 0 Å². The molecule has 0 aromatic heterocycles. The number of sulfone groups is 1. The zero-order chi connectivity index (χ0) is 16.3. The third-order valence-corrected chi connectivity index (χ3v) is 7.30. The maximum Gasteiger partial charge on any atom is 0.310 e. The highest BCUT2D eigenvalue weighted by Gasteiger charge is 2.45. The van der Waals surface area contributed by atoms with Gasteiger partial charge in [0.25, 0.3) is 0 Å². The van der Waals surface area contributed by atoms with Crippen molar-refractivity contribution in [3.63, 3.8) is 0 Å². The van der Waals surface area contributed by atoms with E-state index in [0.717, 1.165) is 0 Å². The normalized spacial score (nSPS) is 25.5. The van der Waals surface area contributed by atoms with Gasteiger partial charge in [-0.25, -0.2) is 8.42 Å². The van der Waals surface area contributed by atoms with Gasteiger partial charge in [0.15, 0.2) is 9.84 Å². The highest BCUT2D eigenvalue weighted by atomic mass is 32.2. The molecule has 1 aromatic carbocycles. The molecule has 122 valence electrons. The Balaban J connectivity index is 2.40. The Morgan fingerprint density at radius 3 is 2.45 bits per heavy atom. The van der Waals surface area contributed by atoms with Gasteiger partial charge in [0.2, 0.25) is 0 Å². The number of hydrogen-bond acceptors (Lipinski definition) is 7. The Hall–Kier alpha value is -1.25. The van der Waals surface area contributed by atoms with E-state index < -0.39 is 32.3 Å². The molecule has 22 heavy (non-hydrogen) atoms. The smallest absolute Gasteiger partial charge is 0.310 e. The van der Waals surface area contributed by atoms with Crippen molar-refractivity contribution >= 4 is 27.6 Å². The summed E-state index contributed by atoms with van der Waals surface area (Å²) in [6.07, 6.45) is 0.436. The molecule has 1 aromatic rings. The number of nitrogens with two attached hydrogens (primary N) is 1. The number of hydrogen-bond donors (Lipinski definition) is 1. The molecule has 0 spiro atoms. The first kappa shape index (κ1) is 17.1. The van der Waals surface area contributed by atoms with Gasteiger partial charge in [-0.15, -0.1) is 11.8 Å². The van der Waals surface area contributed by atoms with E-state index in [0.29, 0.717) is 17.9 Å². The molecule has 0 saturated carbocycles. The Labute approximate surface area is 134 Å². The van der Waals surface area contributed by atoms with E-state index in [9.17, 15) is 13.2 Å². The lowest BCUT2D eigenvalue weighted by Gasteiger charge is -2.33. The Morgan fingerprint density at radius 2 is 1.91 bits per heavy atom. The lowest BCUT2D eigenvalue weighted by atomic mass is 10.0. The van der Waals surface area contributed by atoms with Crippen molar-refractivity contribution in [1.29, 1.82) is 0 Å². The molecule has 3 atom stereocenters. The van der Waals surface area contributed by atoms with Gasteiger partial charge in [0, 0.05) is 0 Å². The molecule has 0 radical (unpaired) electrons. The van der Waals surface area contributed by atoms with Gasteiger partial charge in [-0.3, -0.25) is 4.79 Å². The van der Waals surface area contributed by atoms with Crippen molar-refractivity contribution in [3.8, 4) is 5.75 Å². The van der Waals surface area contributed by atoms with Crippen molar-refractivity contribution in [2.75, 3.05) is 20.0 Å². The van der Waals surface area contributed by atoms with Crippen LogP contribution in [0.2, 0.25) is 0 Å². The number of ether oxygens (including phenoxy) is 2. The van der Waals surface area contributed by atoms with Crippen LogP contribution >= 0.6 is 11.8 Å². The fourth-order valence-corrected chi connectivity index (χ4v) is 6.12. The first-order chi connectivity index (χ1) is 10.4. The van der Waals surface area contributed by atoms with Crippen molar-refractivity contribution in [3.05, 3.63) is 24.3 Å². The van der Waals surface area contributed by atoms with Crippen LogP contribution < -0.4 is 10.5 Å². The average molecular weight is 345 g/mol. The predicted molar refractivity (Wildman–Crippen MR) is 84.5 cm³/mol. The van der Waals surface area contributed by atoms with Crippen LogP contribution in [-0.4, -0.2) is 45.0 Å². The monoisotopic (exact) mass is 345 g/mol. The van der Waals surface area contributed by atoms with E-state index in [1.165, 1.54) is 38.1 Å². The van der Waals surface area contributed by atoms with Crippen LogP contribution in [0.4, 0.5) is 0 Å². The van der Waals surface area contributed by atoms with Crippen molar-refractivity contribution in [2.45, 2.75) is 21.9 Å². The summed E-state index contributed by atoms with van der Waals surface area (Å²) < 4.78 is 35.5. The number of benzene rings is 1. The minimum absolute atomic E-state index is 0.130. The van der Waals surface area contributed by atoms with Gasteiger partial charge in [0.1, 0.15) is 11.0 Å². The molecule has 6 nitrogen and oxygen atoms in total. The summed E-state index contributed by atoms with van der Waals surface area (Å²) in [4.78, 5) is 12.1. The molecular weight excluding hydrogens is 326 g/mol. The fourth-order valence-electron chi connectivity index (χ4n) is 2.54. The summed E-state index contributed by atoms with van der Waals surface area (Å²) in [5.41, 5.74) is 5.99. The predicted octanol–water partition coefficient (Wildman–Crippen LogP) is 1.05. The molecule has 0 aliphatic carbocycles. The quantitative estimate of drug-likeness (QED) is 0.815. The van der Waals surface area contributed by atoms with Gasteiger partial charge in [-0.1, -0.05) is 0 Å². The highest BCUT2D eigenvalue weighted by molar-refractivity contribution is 8.01. The molecule has 8 heteroatoms. The molecule has 1 fully saturated rings. The van der Waals surface area contributed by atoms with E-state index >= 15 is 0 Å². The fraction of sp³-hybridized carbons (Fsp3) is 0.500. The van der Waals surface area contributed by atoms with Crippen LogP contribution in [0.3, 0.4) is 0 Å². The second-order valence-corrected chi connectivity index (χ2v) is 8.33. The van der Waals surface area contributed by atoms with Crippen LogP contribution in [0.25, 0.3) is 0 Å². The number of rotatable bonds is 4. The second-order valence-electron chi connectivity index (χ2n) is 4.94. The Bertz CT molecular complexity index is 629. The van der Waals surface area contributed by atoms with Gasteiger partial charge < -0.3 is 15.2 Å². The van der Waals surface area contributed by atoms with E-state index in [1.807, 2.05) is 0 Å². The summed E-state index contributed by atoms with van der Waals surface area (Å²) >= 11 is 1.35. The van der Waals surface area contributed by atoms with Crippen LogP contribution in [0, 0.1) is 5.92 Å². The van der Waals surface area contributed by atoms with Crippen LogP contribution in [0.15, 0.2) is 29.2 Å². The lowest BCUT2D eigenvalue weighted by Crippen LogP contribution is -2.49.